The van der Waals surface area contributed by atoms with E-state index in [4.69, 9.17) is 28.7 Å². The maximum atomic E-state index is 14.8. The molecule has 14 atom stereocenters. The number of nitrogens with one attached hydrogen (secondary N) is 13. The van der Waals surface area contributed by atoms with Crippen molar-refractivity contribution in [1.29, 1.82) is 0 Å². The van der Waals surface area contributed by atoms with Crippen molar-refractivity contribution >= 4 is 107 Å². The van der Waals surface area contributed by atoms with E-state index in [1.807, 2.05) is 0 Å². The minimum atomic E-state index is -1.91. The zero-order valence-electron chi connectivity index (χ0n) is 62.3. The number of carbonyl (C=O) groups is 17. The normalized spacial score (nSPS) is 19.9. The number of rotatable bonds is 41. The number of carboxylic acids is 2. The highest BCUT2D eigenvalue weighted by molar-refractivity contribution is 6.01. The highest BCUT2D eigenvalue weighted by atomic mass is 16.4. The number of guanidine groups is 1. The molecule has 0 bridgehead atoms. The smallest absolute Gasteiger partial charge is 0.305 e. The summed E-state index contributed by atoms with van der Waals surface area (Å²) < 4.78 is 0. The number of aliphatic imine (C=N–C) groups is 1. The Hall–Kier alpha value is -9.78. The van der Waals surface area contributed by atoms with Gasteiger partial charge in [-0.2, -0.15) is 0 Å². The first-order valence-electron chi connectivity index (χ1n) is 36.6. The molecule has 0 unspecified atom stereocenters. The number of unbranched alkanes of at least 4 members (excludes halogenated alkanes) is 1. The summed E-state index contributed by atoms with van der Waals surface area (Å²) in [5.74, 6) is -18.6. The van der Waals surface area contributed by atoms with Gasteiger partial charge in [-0.25, -0.2) is 0 Å². The third-order valence-electron chi connectivity index (χ3n) is 18.3. The molecule has 2 aliphatic rings. The molecule has 0 aromatic heterocycles. The molecule has 38 nitrogen and oxygen atoms in total. The molecule has 0 spiro atoms. The maximum absolute atomic E-state index is 14.8. The average Bonchev–Trinajstić information content (AvgIpc) is 0.856. The summed E-state index contributed by atoms with van der Waals surface area (Å²) in [6.45, 7) is 12.8. The van der Waals surface area contributed by atoms with Crippen molar-refractivity contribution in [2.24, 2.45) is 57.3 Å². The van der Waals surface area contributed by atoms with Gasteiger partial charge in [0.05, 0.1) is 12.8 Å². The molecule has 1 heterocycles. The zero-order valence-corrected chi connectivity index (χ0v) is 62.3. The van der Waals surface area contributed by atoms with Crippen LogP contribution in [0.5, 0.6) is 0 Å². The van der Waals surface area contributed by atoms with Crippen LogP contribution in [-0.2, 0) is 81.5 Å². The van der Waals surface area contributed by atoms with Crippen LogP contribution in [0.3, 0.4) is 0 Å². The maximum Gasteiger partial charge on any atom is 0.305 e. The molecule has 2 fully saturated rings. The Morgan fingerprint density at radius 3 is 1.64 bits per heavy atom. The second-order valence-electron chi connectivity index (χ2n) is 27.8. The lowest BCUT2D eigenvalue weighted by molar-refractivity contribution is -0.142. The summed E-state index contributed by atoms with van der Waals surface area (Å²) in [5.41, 5.74) is 28.3. The van der Waals surface area contributed by atoms with Crippen LogP contribution in [0, 0.1) is 23.7 Å². The number of hydrogen-bond donors (Lipinski definition) is 20. The van der Waals surface area contributed by atoms with Gasteiger partial charge in [-0.15, -0.1) is 0 Å². The zero-order chi connectivity index (χ0) is 79.9. The van der Waals surface area contributed by atoms with E-state index in [1.165, 1.54) is 6.92 Å². The number of carbonyl (C=O) groups excluding carboxylic acids is 15. The lowest BCUT2D eigenvalue weighted by Crippen LogP contribution is -2.61. The minimum absolute atomic E-state index is 0.00778. The second kappa shape index (κ2) is 48.4. The summed E-state index contributed by atoms with van der Waals surface area (Å²) in [6.07, 6.45) is 1.15. The topological polar surface area (TPSA) is 629 Å². The van der Waals surface area contributed by atoms with E-state index >= 15 is 0 Å². The van der Waals surface area contributed by atoms with Crippen LogP contribution in [-0.4, -0.2) is 209 Å². The summed E-state index contributed by atoms with van der Waals surface area (Å²) in [4.78, 5) is 235. The van der Waals surface area contributed by atoms with E-state index in [9.17, 15) is 91.7 Å². The number of primary amides is 2. The summed E-state index contributed by atoms with van der Waals surface area (Å²) >= 11 is 0. The fourth-order valence-electron chi connectivity index (χ4n) is 11.9. The molecule has 1 aliphatic carbocycles. The van der Waals surface area contributed by atoms with Gasteiger partial charge >= 0.3 is 11.9 Å². The predicted molar refractivity (Wildman–Crippen MR) is 385 cm³/mol. The molecule has 598 valence electrons. The molecule has 0 radical (unpaired) electrons. The number of carboxylic acid groups (broad SMARTS) is 2. The molecular weight excluding hydrogens is 1390 g/mol. The standard InChI is InChI=1S/C68H117N19O19/c1-9-36(5)54(56(71)95)86-67(106)55(37(6)10-2)87-66(105)49(34-53(93)94)85-64(103)47(32-40-19-12-11-13-20-40)83-63(102)46(31-35(3)4)82-60(99)41(21-14-16-28-69)79-59(98)43(23-18-30-75-68(72)73)81-65(104)48(33-50(70)89)84-61(100)42-22-15-17-29-74-51(90)26-24-44(77-39(8)88)58(97)76-38(7)57(96)78-45(62(101)80-42)25-27-52(91)92/h35-38,40-49,54-55H,9-34,69H2,1-8H3,(H2,70,89)(H2,71,95)(H,74,90)(H,76,97)(H,77,88)(H,78,96)(H,79,98)(H,80,101)(H,81,104)(H,82,99)(H,83,102)(H,84,100)(H,85,103)(H,86,106)(H,87,105)(H,91,92)(H,93,94)(H4,72,73,75)/t36-,37-,38-,41-,42-,43-,44-,45-,46-,47-,48-,49-,54-,55-/m0/s1. The van der Waals surface area contributed by atoms with Crippen molar-refractivity contribution in [1.82, 2.24) is 69.1 Å². The number of nitrogens with zero attached hydrogens (tertiary/aromatic N) is 1. The molecule has 1 aliphatic heterocycles. The van der Waals surface area contributed by atoms with E-state index in [-0.39, 0.29) is 108 Å². The van der Waals surface area contributed by atoms with Gasteiger partial charge in [0, 0.05) is 32.9 Å². The Bertz CT molecular complexity index is 3050. The van der Waals surface area contributed by atoms with Crippen LogP contribution in [0.15, 0.2) is 4.99 Å². The quantitative estimate of drug-likeness (QED) is 0.0157. The number of hydrogen-bond acceptors (Lipinski definition) is 19. The van der Waals surface area contributed by atoms with Gasteiger partial charge in [0.25, 0.3) is 0 Å². The highest BCUT2D eigenvalue weighted by Gasteiger charge is 2.39. The Balaban J connectivity index is 2.63. The molecule has 0 aromatic carbocycles. The number of nitrogens with two attached hydrogens (primary N) is 5. The monoisotopic (exact) mass is 1500 g/mol. The van der Waals surface area contributed by atoms with E-state index in [2.05, 4.69) is 74.1 Å². The van der Waals surface area contributed by atoms with Crippen LogP contribution in [0.4, 0.5) is 0 Å². The minimum Gasteiger partial charge on any atom is -0.481 e. The third kappa shape index (κ3) is 35.3. The molecule has 1 saturated heterocycles. The van der Waals surface area contributed by atoms with Gasteiger partial charge in [0.15, 0.2) is 5.96 Å². The van der Waals surface area contributed by atoms with Crippen molar-refractivity contribution in [2.75, 3.05) is 19.6 Å². The fraction of sp³-hybridized carbons (Fsp3) is 0.735. The van der Waals surface area contributed by atoms with E-state index < -0.39 is 211 Å². The predicted octanol–water partition coefficient (Wildman–Crippen LogP) is -4.08. The van der Waals surface area contributed by atoms with Crippen LogP contribution in [0.2, 0.25) is 0 Å². The van der Waals surface area contributed by atoms with Crippen molar-refractivity contribution in [3.63, 3.8) is 0 Å². The van der Waals surface area contributed by atoms with Crippen molar-refractivity contribution in [2.45, 2.75) is 276 Å². The molecule has 2 rings (SSSR count). The summed E-state index contributed by atoms with van der Waals surface area (Å²) in [7, 11) is 0. The molecule has 38 heteroatoms. The fourth-order valence-corrected chi connectivity index (χ4v) is 11.9. The van der Waals surface area contributed by atoms with Gasteiger partial charge < -0.3 is 108 Å². The number of aliphatic carboxylic acids is 2. The average molecular weight is 1500 g/mol. The Kier molecular flexibility index (Phi) is 42.1. The largest absolute Gasteiger partial charge is 0.481 e. The van der Waals surface area contributed by atoms with Crippen LogP contribution < -0.4 is 97.8 Å². The van der Waals surface area contributed by atoms with Crippen LogP contribution >= 0.6 is 0 Å². The Morgan fingerprint density at radius 2 is 1.08 bits per heavy atom. The summed E-state index contributed by atoms with van der Waals surface area (Å²) in [5, 5.41) is 52.6. The van der Waals surface area contributed by atoms with Crippen molar-refractivity contribution in [3.8, 4) is 0 Å². The summed E-state index contributed by atoms with van der Waals surface area (Å²) in [6, 6.07) is -18.1. The first-order chi connectivity index (χ1) is 49.9. The van der Waals surface area contributed by atoms with Crippen LogP contribution in [0.25, 0.3) is 0 Å². The molecular formula is C68H117N19O19. The molecule has 0 aromatic rings. The van der Waals surface area contributed by atoms with E-state index in [0.717, 1.165) is 26.2 Å². The molecule has 1 saturated carbocycles. The van der Waals surface area contributed by atoms with Crippen molar-refractivity contribution in [3.05, 3.63) is 0 Å². The van der Waals surface area contributed by atoms with Gasteiger partial charge in [-0.3, -0.25) is 86.5 Å². The third-order valence-corrected chi connectivity index (χ3v) is 18.3. The first kappa shape index (κ1) is 92.3. The first-order valence-corrected chi connectivity index (χ1v) is 36.6. The highest BCUT2D eigenvalue weighted by Crippen LogP contribution is 2.28. The van der Waals surface area contributed by atoms with Gasteiger partial charge in [-0.1, -0.05) is 86.5 Å². The van der Waals surface area contributed by atoms with Crippen molar-refractivity contribution < 1.29 is 91.7 Å². The van der Waals surface area contributed by atoms with E-state index in [1.54, 1.807) is 41.5 Å². The lowest BCUT2D eigenvalue weighted by Gasteiger charge is -2.31. The number of amides is 15. The van der Waals surface area contributed by atoms with Gasteiger partial charge in [0.1, 0.15) is 72.5 Å². The molecule has 25 N–H and O–H groups in total. The van der Waals surface area contributed by atoms with Gasteiger partial charge in [-0.05, 0) is 114 Å². The SMILES string of the molecule is CC[C@H](C)[C@H](NC(=O)[C@@H](NC(=O)[C@H](CC(=O)O)NC(=O)[C@H](CC1CCCCC1)NC(=O)[C@H](CC(C)C)NC(=O)[C@H](CCCCN)NC(=O)[C@H](CCCN=C(N)N)NC(=O)[C@H](CC(N)=O)NC(=O)[C@@H]1CCCCNC(=O)CC[C@H](NC(C)=O)C(=O)N[C@@H](C)C(=O)N[C@@H](CCC(=O)O)C(=O)N1)[C@@H](C)CC)C(N)=O. The molecule has 15 amide bonds. The second-order valence-corrected chi connectivity index (χ2v) is 27.8. The van der Waals surface area contributed by atoms with E-state index in [0.29, 0.717) is 32.1 Å². The Labute approximate surface area is 617 Å². The Morgan fingerprint density at radius 1 is 0.557 bits per heavy atom. The molecule has 106 heavy (non-hydrogen) atoms. The van der Waals surface area contributed by atoms with Crippen LogP contribution in [0.1, 0.15) is 203 Å². The van der Waals surface area contributed by atoms with Gasteiger partial charge in [0.2, 0.25) is 88.6 Å². The lowest BCUT2D eigenvalue weighted by atomic mass is 9.84.